The third-order valence-electron chi connectivity index (χ3n) is 6.24. The quantitative estimate of drug-likeness (QED) is 0.645. The summed E-state index contributed by atoms with van der Waals surface area (Å²) in [5, 5.41) is 0. The second kappa shape index (κ2) is 7.35. The average Bonchev–Trinajstić information content (AvgIpc) is 3.09. The molecule has 3 aliphatic rings. The van der Waals surface area contributed by atoms with Gasteiger partial charge in [-0.3, -0.25) is 0 Å². The van der Waals surface area contributed by atoms with Gasteiger partial charge >= 0.3 is 0 Å². The van der Waals surface area contributed by atoms with Crippen molar-refractivity contribution in [1.82, 2.24) is 8.75 Å². The molecule has 5 rings (SSSR count). The molecule has 1 aromatic carbocycles. The smallest absolute Gasteiger partial charge is 0.291 e. The van der Waals surface area contributed by atoms with Gasteiger partial charge in [-0.1, -0.05) is 30.3 Å². The van der Waals surface area contributed by atoms with Crippen LogP contribution in [0.2, 0.25) is 0 Å². The molecule has 1 aromatic heterocycles. The van der Waals surface area contributed by atoms with E-state index in [4.69, 9.17) is 9.47 Å². The van der Waals surface area contributed by atoms with E-state index in [9.17, 15) is 0 Å². The molecule has 0 radical (unpaired) electrons. The zero-order chi connectivity index (χ0) is 16.7. The predicted octanol–water partition coefficient (Wildman–Crippen LogP) is 5.24. The molecule has 1 heterocycles. The Morgan fingerprint density at radius 2 is 1.77 bits per heavy atom. The number of nitrogens with zero attached hydrogens (tertiary/aromatic N) is 2. The van der Waals surface area contributed by atoms with Crippen molar-refractivity contribution in [2.45, 2.75) is 56.5 Å². The molecule has 4 nitrogen and oxygen atoms in total. The van der Waals surface area contributed by atoms with E-state index in [0.717, 1.165) is 24.7 Å². The molecule has 3 aliphatic carbocycles. The molecule has 0 amide bonds. The van der Waals surface area contributed by atoms with Crippen molar-refractivity contribution in [1.29, 1.82) is 0 Å². The van der Waals surface area contributed by atoms with Crippen LogP contribution in [0.5, 0.6) is 11.8 Å². The van der Waals surface area contributed by atoms with Gasteiger partial charge in [0, 0.05) is 5.92 Å². The van der Waals surface area contributed by atoms with Crippen LogP contribution in [0.25, 0.3) is 0 Å². The zero-order valence-corrected chi connectivity index (χ0v) is 16.4. The van der Waals surface area contributed by atoms with Gasteiger partial charge in [0.2, 0.25) is 0 Å². The molecule has 3 fully saturated rings. The minimum Gasteiger partial charge on any atom is -0.473 e. The van der Waals surface area contributed by atoms with Crippen molar-refractivity contribution >= 4 is 24.1 Å². The fourth-order valence-corrected chi connectivity index (χ4v) is 5.12. The summed E-state index contributed by atoms with van der Waals surface area (Å²) in [5.41, 5.74) is 1.37. The van der Waals surface area contributed by atoms with E-state index in [1.54, 1.807) is 0 Å². The first-order chi connectivity index (χ1) is 12.3. The van der Waals surface area contributed by atoms with Crippen LogP contribution in [0, 0.1) is 11.8 Å². The normalized spacial score (nSPS) is 27.8. The second-order valence-electron chi connectivity index (χ2n) is 7.97. The first-order valence-corrected chi connectivity index (χ1v) is 10.2. The number of rotatable bonds is 7. The van der Waals surface area contributed by atoms with Gasteiger partial charge in [-0.15, -0.1) is 21.2 Å². The Hall–Kier alpha value is -1.33. The standard InChI is InChI=1S/C20H24N2O2S.ClH/c1-2-4-15(5-3-1)17(16-6-7-16)13-23-18-19(22-25-21-18)24-20-10-8-14(12-20)9-11-20;/h1-5,14,16-17H,6-13H2;1H. The fraction of sp³-hybridized carbons (Fsp3) is 0.600. The molecule has 0 N–H and O–H groups in total. The van der Waals surface area contributed by atoms with E-state index in [1.165, 1.54) is 49.4 Å². The van der Waals surface area contributed by atoms with Crippen molar-refractivity contribution in [3.8, 4) is 11.8 Å². The summed E-state index contributed by atoms with van der Waals surface area (Å²) in [6.07, 6.45) is 8.68. The van der Waals surface area contributed by atoms with Crippen LogP contribution in [-0.4, -0.2) is 21.0 Å². The lowest BCUT2D eigenvalue weighted by Gasteiger charge is -2.26. The lowest BCUT2D eigenvalue weighted by molar-refractivity contribution is 0.0700. The van der Waals surface area contributed by atoms with Crippen LogP contribution >= 0.6 is 24.1 Å². The fourth-order valence-electron chi connectivity index (χ4n) is 4.68. The van der Waals surface area contributed by atoms with Gasteiger partial charge in [-0.2, -0.15) is 0 Å². The van der Waals surface area contributed by atoms with Crippen LogP contribution < -0.4 is 9.47 Å². The molecule has 1 atom stereocenters. The zero-order valence-electron chi connectivity index (χ0n) is 14.8. The van der Waals surface area contributed by atoms with Crippen LogP contribution in [0.4, 0.5) is 0 Å². The summed E-state index contributed by atoms with van der Waals surface area (Å²) in [7, 11) is 0. The Morgan fingerprint density at radius 1 is 1.04 bits per heavy atom. The highest BCUT2D eigenvalue weighted by molar-refractivity contribution is 6.99. The average molecular weight is 393 g/mol. The van der Waals surface area contributed by atoms with Gasteiger partial charge in [-0.05, 0) is 62.3 Å². The number of halogens is 1. The van der Waals surface area contributed by atoms with Crippen molar-refractivity contribution in [2.24, 2.45) is 11.8 Å². The van der Waals surface area contributed by atoms with Crippen LogP contribution in [0.1, 0.15) is 56.4 Å². The number of aromatic nitrogens is 2. The maximum atomic E-state index is 6.35. The predicted molar refractivity (Wildman–Crippen MR) is 104 cm³/mol. The molecule has 2 aromatic rings. The van der Waals surface area contributed by atoms with E-state index in [0.29, 0.717) is 24.3 Å². The molecule has 6 heteroatoms. The minimum atomic E-state index is 0. The molecule has 1 unspecified atom stereocenters. The van der Waals surface area contributed by atoms with E-state index < -0.39 is 0 Å². The molecule has 0 aliphatic heterocycles. The maximum Gasteiger partial charge on any atom is 0.291 e. The summed E-state index contributed by atoms with van der Waals surface area (Å²) in [5.74, 6) is 3.25. The molecule has 3 saturated carbocycles. The second-order valence-corrected chi connectivity index (χ2v) is 8.50. The molecule has 26 heavy (non-hydrogen) atoms. The van der Waals surface area contributed by atoms with Gasteiger partial charge in [0.05, 0.1) is 18.3 Å². The summed E-state index contributed by atoms with van der Waals surface area (Å²) in [4.78, 5) is 0. The largest absolute Gasteiger partial charge is 0.473 e. The molecular formula is C20H25ClN2O2S. The molecule has 2 bridgehead atoms. The third kappa shape index (κ3) is 3.56. The topological polar surface area (TPSA) is 44.2 Å². The number of hydrogen-bond donors (Lipinski definition) is 0. The highest BCUT2D eigenvalue weighted by Gasteiger charge is 2.47. The molecule has 0 spiro atoms. The van der Waals surface area contributed by atoms with Gasteiger partial charge < -0.3 is 9.47 Å². The maximum absolute atomic E-state index is 6.35. The molecular weight excluding hydrogens is 368 g/mol. The number of hydrogen-bond acceptors (Lipinski definition) is 5. The Bertz CT molecular complexity index is 726. The Kier molecular flexibility index (Phi) is 5.11. The summed E-state index contributed by atoms with van der Waals surface area (Å²) < 4.78 is 21.2. The van der Waals surface area contributed by atoms with Crippen LogP contribution in [0.3, 0.4) is 0 Å². The highest BCUT2D eigenvalue weighted by atomic mass is 35.5. The Balaban J connectivity index is 0.00000168. The van der Waals surface area contributed by atoms with E-state index in [-0.39, 0.29) is 18.0 Å². The van der Waals surface area contributed by atoms with Gasteiger partial charge in [0.15, 0.2) is 0 Å². The number of benzene rings is 1. The number of fused-ring (bicyclic) bond motifs is 2. The lowest BCUT2D eigenvalue weighted by atomic mass is 9.95. The summed E-state index contributed by atoms with van der Waals surface area (Å²) >= 11 is 1.19. The Labute approximate surface area is 165 Å². The van der Waals surface area contributed by atoms with E-state index in [1.807, 2.05) is 0 Å². The van der Waals surface area contributed by atoms with Crippen molar-refractivity contribution < 1.29 is 9.47 Å². The van der Waals surface area contributed by atoms with Crippen LogP contribution in [0.15, 0.2) is 30.3 Å². The highest BCUT2D eigenvalue weighted by Crippen LogP contribution is 2.51. The minimum absolute atomic E-state index is 0. The van der Waals surface area contributed by atoms with Gasteiger partial charge in [-0.25, -0.2) is 0 Å². The van der Waals surface area contributed by atoms with Crippen LogP contribution in [-0.2, 0) is 0 Å². The summed E-state index contributed by atoms with van der Waals surface area (Å²) in [6.45, 7) is 0.659. The van der Waals surface area contributed by atoms with Crippen molar-refractivity contribution in [2.75, 3.05) is 6.61 Å². The first kappa shape index (κ1) is 18.1. The summed E-state index contributed by atoms with van der Waals surface area (Å²) in [6, 6.07) is 10.7. The number of ether oxygens (including phenoxy) is 2. The van der Waals surface area contributed by atoms with E-state index in [2.05, 4.69) is 39.1 Å². The monoisotopic (exact) mass is 392 g/mol. The van der Waals surface area contributed by atoms with Gasteiger partial charge in [0.1, 0.15) is 5.60 Å². The van der Waals surface area contributed by atoms with Gasteiger partial charge in [0.25, 0.3) is 11.8 Å². The molecule has 140 valence electrons. The van der Waals surface area contributed by atoms with Crippen molar-refractivity contribution in [3.05, 3.63) is 35.9 Å². The lowest BCUT2D eigenvalue weighted by Crippen LogP contribution is -2.30. The molecule has 0 saturated heterocycles. The van der Waals surface area contributed by atoms with Crippen molar-refractivity contribution in [3.63, 3.8) is 0 Å². The SMILES string of the molecule is Cl.c1ccc(C(COc2nsnc2OC23CCC(CC2)C3)C2CC2)cc1. The van der Waals surface area contributed by atoms with E-state index >= 15 is 0 Å². The third-order valence-corrected chi connectivity index (χ3v) is 6.73. The first-order valence-electron chi connectivity index (χ1n) is 9.51. The Morgan fingerprint density at radius 3 is 2.42 bits per heavy atom.